The molecule has 7 rings (SSSR count). The van der Waals surface area contributed by atoms with Gasteiger partial charge in [0, 0.05) is 36.8 Å². The summed E-state index contributed by atoms with van der Waals surface area (Å²) in [6.07, 6.45) is 7.19. The molecule has 186 valence electrons. The van der Waals surface area contributed by atoms with Crippen LogP contribution in [0.15, 0.2) is 42.5 Å². The van der Waals surface area contributed by atoms with Crippen molar-refractivity contribution in [3.63, 3.8) is 0 Å². The van der Waals surface area contributed by atoms with Crippen molar-refractivity contribution < 1.29 is 28.5 Å². The fourth-order valence-electron chi connectivity index (χ4n) is 6.71. The zero-order valence-electron chi connectivity index (χ0n) is 19.9. The number of benzene rings is 2. The van der Waals surface area contributed by atoms with Crippen LogP contribution >= 0.6 is 0 Å². The van der Waals surface area contributed by atoms with Gasteiger partial charge in [-0.2, -0.15) is 0 Å². The molecule has 2 aromatic carbocycles. The largest absolute Gasteiger partial charge is 0.341 e. The SMILES string of the molecule is O=C(Nc1cccc2ccccc12)[C@H]1O[C@@H]2OC3(CCCCC3)O[C@@H]2[C@H]2OC3(CCCCC3)O[C@H]21. The van der Waals surface area contributed by atoms with E-state index in [1.807, 2.05) is 42.5 Å². The monoisotopic (exact) mass is 479 g/mol. The van der Waals surface area contributed by atoms with E-state index in [0.29, 0.717) is 0 Å². The Morgan fingerprint density at radius 2 is 1.34 bits per heavy atom. The lowest BCUT2D eigenvalue weighted by Gasteiger charge is -2.36. The standard InChI is InChI=1S/C28H33NO6/c30-25(29-20-13-9-11-18-10-3-4-12-19(18)20)23-21-22(33-27(32-21)14-5-1-6-15-27)24-26(31-23)35-28(34-24)16-7-2-8-17-28/h3-4,9-13,21-24,26H,1-2,5-8,14-17H2,(H,29,30)/t21-,22+,23+,24-,26-/m1/s1. The van der Waals surface area contributed by atoms with Gasteiger partial charge in [-0.25, -0.2) is 0 Å². The van der Waals surface area contributed by atoms with E-state index in [4.69, 9.17) is 23.7 Å². The molecule has 2 spiro atoms. The minimum Gasteiger partial charge on any atom is -0.341 e. The number of carbonyl (C=O) groups is 1. The Morgan fingerprint density at radius 1 is 0.714 bits per heavy atom. The Bertz CT molecular complexity index is 1100. The lowest BCUT2D eigenvalue weighted by molar-refractivity contribution is -0.246. The number of hydrogen-bond acceptors (Lipinski definition) is 6. The lowest BCUT2D eigenvalue weighted by Crippen LogP contribution is -2.58. The number of anilines is 1. The van der Waals surface area contributed by atoms with Crippen LogP contribution in [0, 0.1) is 0 Å². The maximum Gasteiger partial charge on any atom is 0.256 e. The summed E-state index contributed by atoms with van der Waals surface area (Å²) in [6, 6.07) is 13.9. The van der Waals surface area contributed by atoms with Gasteiger partial charge in [0.25, 0.3) is 5.91 Å². The lowest BCUT2D eigenvalue weighted by atomic mass is 9.94. The number of amides is 1. The van der Waals surface area contributed by atoms with E-state index < -0.39 is 36.2 Å². The van der Waals surface area contributed by atoms with Crippen molar-refractivity contribution in [3.8, 4) is 0 Å². The summed E-state index contributed by atoms with van der Waals surface area (Å²) < 4.78 is 32.6. The number of nitrogens with one attached hydrogen (secondary N) is 1. The summed E-state index contributed by atoms with van der Waals surface area (Å²) >= 11 is 0. The highest BCUT2D eigenvalue weighted by molar-refractivity contribution is 6.03. The van der Waals surface area contributed by atoms with E-state index >= 15 is 0 Å². The van der Waals surface area contributed by atoms with Gasteiger partial charge < -0.3 is 29.0 Å². The highest BCUT2D eigenvalue weighted by Crippen LogP contribution is 2.51. The van der Waals surface area contributed by atoms with Crippen LogP contribution in [0.1, 0.15) is 64.2 Å². The minimum absolute atomic E-state index is 0.237. The molecular formula is C28H33NO6. The molecule has 3 aliphatic heterocycles. The molecule has 0 aromatic heterocycles. The summed E-state index contributed by atoms with van der Waals surface area (Å²) in [5, 5.41) is 5.17. The third kappa shape index (κ3) is 3.80. The van der Waals surface area contributed by atoms with Crippen molar-refractivity contribution in [2.45, 2.75) is 106 Å². The molecule has 7 nitrogen and oxygen atoms in total. The van der Waals surface area contributed by atoms with E-state index in [2.05, 4.69) is 5.32 Å². The molecule has 5 atom stereocenters. The molecule has 0 unspecified atom stereocenters. The first kappa shape index (κ1) is 22.2. The van der Waals surface area contributed by atoms with Gasteiger partial charge in [0.15, 0.2) is 24.0 Å². The quantitative estimate of drug-likeness (QED) is 0.652. The van der Waals surface area contributed by atoms with Crippen LogP contribution in [-0.2, 0) is 28.5 Å². The fraction of sp³-hybridized carbons (Fsp3) is 0.607. The zero-order chi connectivity index (χ0) is 23.5. The van der Waals surface area contributed by atoms with E-state index in [0.717, 1.165) is 67.8 Å². The van der Waals surface area contributed by atoms with E-state index in [1.54, 1.807) is 0 Å². The topological polar surface area (TPSA) is 75.3 Å². The molecule has 0 bridgehead atoms. The second kappa shape index (κ2) is 8.53. The molecule has 0 radical (unpaired) electrons. The average Bonchev–Trinajstić information content (AvgIpc) is 3.42. The first-order valence-electron chi connectivity index (χ1n) is 13.3. The Hall–Kier alpha value is -2.03. The van der Waals surface area contributed by atoms with E-state index in [9.17, 15) is 4.79 Å². The van der Waals surface area contributed by atoms with Crippen LogP contribution in [-0.4, -0.2) is 48.2 Å². The summed E-state index contributed by atoms with van der Waals surface area (Å²) in [6.45, 7) is 0. The van der Waals surface area contributed by atoms with Crippen molar-refractivity contribution in [2.24, 2.45) is 0 Å². The average molecular weight is 480 g/mol. The highest BCUT2D eigenvalue weighted by Gasteiger charge is 2.65. The normalized spacial score (nSPS) is 35.1. The zero-order valence-corrected chi connectivity index (χ0v) is 19.9. The molecule has 35 heavy (non-hydrogen) atoms. The second-order valence-electron chi connectivity index (χ2n) is 10.7. The molecule has 3 heterocycles. The van der Waals surface area contributed by atoms with E-state index in [-0.39, 0.29) is 12.0 Å². The van der Waals surface area contributed by atoms with Gasteiger partial charge in [-0.15, -0.1) is 0 Å². The third-order valence-corrected chi connectivity index (χ3v) is 8.42. The third-order valence-electron chi connectivity index (χ3n) is 8.42. The first-order valence-corrected chi connectivity index (χ1v) is 13.3. The molecule has 2 aromatic rings. The molecule has 3 saturated heterocycles. The Balaban J connectivity index is 1.19. The van der Waals surface area contributed by atoms with Gasteiger partial charge in [-0.05, 0) is 37.1 Å². The summed E-state index contributed by atoms with van der Waals surface area (Å²) in [5.74, 6) is -1.53. The van der Waals surface area contributed by atoms with Crippen LogP contribution in [0.4, 0.5) is 5.69 Å². The van der Waals surface area contributed by atoms with Crippen LogP contribution in [0.25, 0.3) is 10.8 Å². The van der Waals surface area contributed by atoms with Crippen molar-refractivity contribution >= 4 is 22.4 Å². The van der Waals surface area contributed by atoms with Gasteiger partial charge in [-0.1, -0.05) is 49.2 Å². The molecule has 5 fully saturated rings. The number of carbonyl (C=O) groups excluding carboxylic acids is 1. The molecule has 1 N–H and O–H groups in total. The Kier molecular flexibility index (Phi) is 5.41. The van der Waals surface area contributed by atoms with Crippen molar-refractivity contribution in [3.05, 3.63) is 42.5 Å². The number of hydrogen-bond donors (Lipinski definition) is 1. The fourth-order valence-corrected chi connectivity index (χ4v) is 6.71. The van der Waals surface area contributed by atoms with Crippen LogP contribution < -0.4 is 5.32 Å². The number of rotatable bonds is 2. The summed E-state index contributed by atoms with van der Waals surface area (Å²) in [7, 11) is 0. The number of fused-ring (bicyclic) bond motifs is 4. The molecule has 2 aliphatic carbocycles. The summed E-state index contributed by atoms with van der Waals surface area (Å²) in [4.78, 5) is 13.7. The van der Waals surface area contributed by atoms with Crippen molar-refractivity contribution in [1.82, 2.24) is 0 Å². The molecule has 1 amide bonds. The minimum atomic E-state index is -0.844. The first-order chi connectivity index (χ1) is 17.1. The second-order valence-corrected chi connectivity index (χ2v) is 10.7. The summed E-state index contributed by atoms with van der Waals surface area (Å²) in [5.41, 5.74) is 0.758. The van der Waals surface area contributed by atoms with Gasteiger partial charge in [-0.3, -0.25) is 4.79 Å². The molecule has 5 aliphatic rings. The molecule has 2 saturated carbocycles. The van der Waals surface area contributed by atoms with Crippen LogP contribution in [0.2, 0.25) is 0 Å². The smallest absolute Gasteiger partial charge is 0.256 e. The predicted molar refractivity (Wildman–Crippen MR) is 129 cm³/mol. The Labute approximate surface area is 205 Å². The van der Waals surface area contributed by atoms with Crippen molar-refractivity contribution in [1.29, 1.82) is 0 Å². The van der Waals surface area contributed by atoms with Gasteiger partial charge >= 0.3 is 0 Å². The number of ether oxygens (including phenoxy) is 5. The van der Waals surface area contributed by atoms with E-state index in [1.165, 1.54) is 12.8 Å². The maximum atomic E-state index is 13.7. The van der Waals surface area contributed by atoms with Crippen molar-refractivity contribution in [2.75, 3.05) is 5.32 Å². The van der Waals surface area contributed by atoms with Crippen LogP contribution in [0.3, 0.4) is 0 Å². The maximum absolute atomic E-state index is 13.7. The predicted octanol–water partition coefficient (Wildman–Crippen LogP) is 5.02. The molecular weight excluding hydrogens is 446 g/mol. The molecule has 7 heteroatoms. The Morgan fingerprint density at radius 3 is 2.11 bits per heavy atom. The van der Waals surface area contributed by atoms with Crippen LogP contribution in [0.5, 0.6) is 0 Å². The van der Waals surface area contributed by atoms with Gasteiger partial charge in [0.05, 0.1) is 0 Å². The van der Waals surface area contributed by atoms with Gasteiger partial charge in [0.2, 0.25) is 0 Å². The highest BCUT2D eigenvalue weighted by atomic mass is 16.9. The van der Waals surface area contributed by atoms with Gasteiger partial charge in [0.1, 0.15) is 18.3 Å².